The SMILES string of the molecule is O=C(COn1nnc2ccc(C(F)(F)F)cc21)NC12CC3CC(CC(C3)C1)C2. The van der Waals surface area contributed by atoms with Crippen molar-refractivity contribution in [1.29, 1.82) is 0 Å². The van der Waals surface area contributed by atoms with Crippen LogP contribution in [0.5, 0.6) is 0 Å². The Morgan fingerprint density at radius 1 is 1.18 bits per heavy atom. The summed E-state index contributed by atoms with van der Waals surface area (Å²) in [7, 11) is 0. The molecule has 1 aromatic heterocycles. The highest BCUT2D eigenvalue weighted by Crippen LogP contribution is 2.55. The molecular weight excluding hydrogens is 373 g/mol. The standard InChI is InChI=1S/C19H21F3N4O2/c20-19(21,22)14-1-2-15-16(6-14)26(25-24-15)28-10-17(27)23-18-7-11-3-12(8-18)5-13(4-11)9-18/h1-2,6,11-13H,3-5,7-10H2,(H,23,27). The molecule has 1 amide bonds. The Kier molecular flexibility index (Phi) is 3.86. The molecule has 1 N–H and O–H groups in total. The Hall–Kier alpha value is -2.32. The number of hydrogen-bond acceptors (Lipinski definition) is 4. The summed E-state index contributed by atoms with van der Waals surface area (Å²) in [5.74, 6) is 1.84. The van der Waals surface area contributed by atoms with Crippen LogP contribution in [0.2, 0.25) is 0 Å². The minimum atomic E-state index is -4.47. The highest BCUT2D eigenvalue weighted by molar-refractivity contribution is 5.78. The number of aromatic nitrogens is 3. The maximum absolute atomic E-state index is 12.9. The number of benzene rings is 1. The lowest BCUT2D eigenvalue weighted by Crippen LogP contribution is -2.60. The minimum Gasteiger partial charge on any atom is -0.385 e. The van der Waals surface area contributed by atoms with E-state index in [9.17, 15) is 18.0 Å². The molecule has 0 saturated heterocycles. The zero-order valence-electron chi connectivity index (χ0n) is 15.2. The summed E-state index contributed by atoms with van der Waals surface area (Å²) < 4.78 is 38.8. The summed E-state index contributed by atoms with van der Waals surface area (Å²) >= 11 is 0. The number of carbonyl (C=O) groups is 1. The van der Waals surface area contributed by atoms with Crippen LogP contribution in [-0.2, 0) is 11.0 Å². The first kappa shape index (κ1) is 17.8. The van der Waals surface area contributed by atoms with E-state index in [1.165, 1.54) is 25.3 Å². The zero-order chi connectivity index (χ0) is 19.5. The molecule has 150 valence electrons. The van der Waals surface area contributed by atoms with E-state index in [0.29, 0.717) is 17.8 Å². The van der Waals surface area contributed by atoms with Crippen molar-refractivity contribution in [3.8, 4) is 0 Å². The summed E-state index contributed by atoms with van der Waals surface area (Å²) in [5.41, 5.74) is -0.597. The maximum Gasteiger partial charge on any atom is 0.416 e. The molecular formula is C19H21F3N4O2. The topological polar surface area (TPSA) is 69.0 Å². The van der Waals surface area contributed by atoms with Crippen molar-refractivity contribution in [2.75, 3.05) is 6.61 Å². The predicted molar refractivity (Wildman–Crippen MR) is 93.0 cm³/mol. The number of alkyl halides is 3. The van der Waals surface area contributed by atoms with Gasteiger partial charge in [0.2, 0.25) is 0 Å². The Morgan fingerprint density at radius 3 is 2.43 bits per heavy atom. The van der Waals surface area contributed by atoms with Crippen molar-refractivity contribution in [3.05, 3.63) is 23.8 Å². The van der Waals surface area contributed by atoms with E-state index < -0.39 is 11.7 Å². The fraction of sp³-hybridized carbons (Fsp3) is 0.632. The van der Waals surface area contributed by atoms with Gasteiger partial charge < -0.3 is 10.2 Å². The van der Waals surface area contributed by atoms with Gasteiger partial charge in [-0.15, -0.1) is 5.10 Å². The van der Waals surface area contributed by atoms with Gasteiger partial charge in [-0.1, -0.05) is 4.85 Å². The van der Waals surface area contributed by atoms with Crippen LogP contribution in [0.3, 0.4) is 0 Å². The molecule has 4 aliphatic rings. The molecule has 4 bridgehead atoms. The van der Waals surface area contributed by atoms with E-state index in [0.717, 1.165) is 36.2 Å². The summed E-state index contributed by atoms with van der Waals surface area (Å²) in [6.45, 7) is -0.309. The van der Waals surface area contributed by atoms with Crippen molar-refractivity contribution >= 4 is 16.9 Å². The van der Waals surface area contributed by atoms with Gasteiger partial charge in [0.05, 0.1) is 5.56 Å². The first-order valence-corrected chi connectivity index (χ1v) is 9.67. The van der Waals surface area contributed by atoms with Gasteiger partial charge in [-0.05, 0) is 79.7 Å². The second kappa shape index (κ2) is 6.09. The quantitative estimate of drug-likeness (QED) is 0.866. The van der Waals surface area contributed by atoms with Gasteiger partial charge in [0, 0.05) is 5.54 Å². The molecule has 0 atom stereocenters. The Bertz CT molecular complexity index is 888. The van der Waals surface area contributed by atoms with Crippen molar-refractivity contribution in [2.24, 2.45) is 17.8 Å². The van der Waals surface area contributed by atoms with E-state index in [2.05, 4.69) is 15.6 Å². The highest BCUT2D eigenvalue weighted by Gasteiger charge is 2.51. The molecule has 6 rings (SSSR count). The third-order valence-corrected chi connectivity index (χ3v) is 6.50. The fourth-order valence-electron chi connectivity index (χ4n) is 5.89. The molecule has 0 aliphatic heterocycles. The molecule has 1 aromatic carbocycles. The summed E-state index contributed by atoms with van der Waals surface area (Å²) in [6, 6.07) is 3.11. The van der Waals surface area contributed by atoms with E-state index in [-0.39, 0.29) is 29.1 Å². The van der Waals surface area contributed by atoms with Crippen molar-refractivity contribution < 1.29 is 22.8 Å². The number of amides is 1. The first-order valence-electron chi connectivity index (χ1n) is 9.67. The molecule has 6 nitrogen and oxygen atoms in total. The third-order valence-electron chi connectivity index (χ3n) is 6.50. The summed E-state index contributed by atoms with van der Waals surface area (Å²) in [6.07, 6.45) is 2.41. The number of nitrogens with one attached hydrogen (secondary N) is 1. The molecule has 0 spiro atoms. The lowest BCUT2D eigenvalue weighted by atomic mass is 9.53. The second-order valence-corrected chi connectivity index (χ2v) is 8.68. The van der Waals surface area contributed by atoms with Crippen LogP contribution in [0.4, 0.5) is 13.2 Å². The lowest BCUT2D eigenvalue weighted by molar-refractivity contribution is -0.137. The minimum absolute atomic E-state index is 0.0810. The van der Waals surface area contributed by atoms with Gasteiger partial charge in [0.15, 0.2) is 6.61 Å². The van der Waals surface area contributed by atoms with Crippen LogP contribution in [0.15, 0.2) is 18.2 Å². The normalized spacial score (nSPS) is 31.3. The van der Waals surface area contributed by atoms with Crippen molar-refractivity contribution in [3.63, 3.8) is 0 Å². The van der Waals surface area contributed by atoms with Crippen LogP contribution in [-0.4, -0.2) is 33.2 Å². The molecule has 28 heavy (non-hydrogen) atoms. The van der Waals surface area contributed by atoms with Crippen LogP contribution < -0.4 is 10.2 Å². The van der Waals surface area contributed by atoms with Crippen LogP contribution in [0.25, 0.3) is 11.0 Å². The van der Waals surface area contributed by atoms with Gasteiger partial charge >= 0.3 is 6.18 Å². The number of rotatable bonds is 4. The van der Waals surface area contributed by atoms with E-state index in [1.807, 2.05) is 0 Å². The highest BCUT2D eigenvalue weighted by atomic mass is 19.4. The number of fused-ring (bicyclic) bond motifs is 1. The second-order valence-electron chi connectivity index (χ2n) is 8.68. The molecule has 2 aromatic rings. The Labute approximate surface area is 159 Å². The Balaban J connectivity index is 1.27. The van der Waals surface area contributed by atoms with Crippen molar-refractivity contribution in [2.45, 2.75) is 50.2 Å². The molecule has 1 heterocycles. The van der Waals surface area contributed by atoms with Gasteiger partial charge in [0.1, 0.15) is 11.0 Å². The van der Waals surface area contributed by atoms with E-state index >= 15 is 0 Å². The number of halogens is 3. The molecule has 4 aliphatic carbocycles. The molecule has 0 unspecified atom stereocenters. The van der Waals surface area contributed by atoms with Crippen LogP contribution >= 0.6 is 0 Å². The number of hydrogen-bond donors (Lipinski definition) is 1. The largest absolute Gasteiger partial charge is 0.416 e. The van der Waals surface area contributed by atoms with Gasteiger partial charge in [-0.3, -0.25) is 4.79 Å². The first-order chi connectivity index (χ1) is 13.3. The smallest absolute Gasteiger partial charge is 0.385 e. The van der Waals surface area contributed by atoms with E-state index in [1.54, 1.807) is 0 Å². The zero-order valence-corrected chi connectivity index (χ0v) is 15.2. The fourth-order valence-corrected chi connectivity index (χ4v) is 5.89. The van der Waals surface area contributed by atoms with E-state index in [4.69, 9.17) is 4.84 Å². The number of carbonyl (C=O) groups excluding carboxylic acids is 1. The summed E-state index contributed by atoms with van der Waals surface area (Å²) in [5, 5.41) is 10.7. The van der Waals surface area contributed by atoms with Crippen LogP contribution in [0, 0.1) is 17.8 Å². The average molecular weight is 394 g/mol. The predicted octanol–water partition coefficient (Wildman–Crippen LogP) is 2.96. The van der Waals surface area contributed by atoms with Crippen LogP contribution in [0.1, 0.15) is 44.1 Å². The van der Waals surface area contributed by atoms with Gasteiger partial charge in [0.25, 0.3) is 5.91 Å². The maximum atomic E-state index is 12.9. The third kappa shape index (κ3) is 3.10. The summed E-state index contributed by atoms with van der Waals surface area (Å²) in [4.78, 5) is 18.8. The van der Waals surface area contributed by atoms with Gasteiger partial charge in [-0.25, -0.2) is 0 Å². The van der Waals surface area contributed by atoms with Gasteiger partial charge in [-0.2, -0.15) is 13.2 Å². The molecule has 4 saturated carbocycles. The monoisotopic (exact) mass is 394 g/mol. The lowest BCUT2D eigenvalue weighted by Gasteiger charge is -2.56. The molecule has 4 fully saturated rings. The Morgan fingerprint density at radius 2 is 1.82 bits per heavy atom. The average Bonchev–Trinajstić information content (AvgIpc) is 3.00. The van der Waals surface area contributed by atoms with Crippen molar-refractivity contribution in [1.82, 2.24) is 20.5 Å². The molecule has 9 heteroatoms. The molecule has 0 radical (unpaired) electrons. The number of nitrogens with zero attached hydrogens (tertiary/aromatic N) is 3.